The SMILES string of the molecule is CCCNC(C)(C#N)CCOCC1CCCC1. The summed E-state index contributed by atoms with van der Waals surface area (Å²) in [4.78, 5) is 0. The molecular formula is C14H26N2O. The van der Waals surface area contributed by atoms with Gasteiger partial charge in [-0.3, -0.25) is 5.32 Å². The molecule has 1 aliphatic carbocycles. The van der Waals surface area contributed by atoms with Gasteiger partial charge >= 0.3 is 0 Å². The fraction of sp³-hybridized carbons (Fsp3) is 0.929. The summed E-state index contributed by atoms with van der Waals surface area (Å²) in [5, 5.41) is 12.4. The van der Waals surface area contributed by atoms with E-state index in [9.17, 15) is 0 Å². The van der Waals surface area contributed by atoms with Crippen molar-refractivity contribution in [2.24, 2.45) is 5.92 Å². The fourth-order valence-electron chi connectivity index (χ4n) is 2.29. The standard InChI is InChI=1S/C14H26N2O/c1-3-9-16-14(2,12-15)8-10-17-11-13-6-4-5-7-13/h13,16H,3-11H2,1-2H3. The van der Waals surface area contributed by atoms with Gasteiger partial charge in [0.1, 0.15) is 5.54 Å². The molecule has 0 amide bonds. The molecule has 3 nitrogen and oxygen atoms in total. The molecule has 17 heavy (non-hydrogen) atoms. The van der Waals surface area contributed by atoms with Gasteiger partial charge in [-0.05, 0) is 38.6 Å². The summed E-state index contributed by atoms with van der Waals surface area (Å²) < 4.78 is 5.70. The first kappa shape index (κ1) is 14.5. The molecule has 1 fully saturated rings. The second-order valence-electron chi connectivity index (χ2n) is 5.35. The van der Waals surface area contributed by atoms with Crippen molar-refractivity contribution in [3.05, 3.63) is 0 Å². The molecule has 1 N–H and O–H groups in total. The molecule has 1 aliphatic rings. The van der Waals surface area contributed by atoms with E-state index < -0.39 is 5.54 Å². The van der Waals surface area contributed by atoms with Gasteiger partial charge in [-0.2, -0.15) is 5.26 Å². The number of rotatable bonds is 8. The van der Waals surface area contributed by atoms with Gasteiger partial charge in [0.2, 0.25) is 0 Å². The first-order chi connectivity index (χ1) is 8.20. The quantitative estimate of drug-likeness (QED) is 0.661. The van der Waals surface area contributed by atoms with Crippen molar-refractivity contribution in [2.75, 3.05) is 19.8 Å². The van der Waals surface area contributed by atoms with Crippen LogP contribution in [0.1, 0.15) is 52.4 Å². The average Bonchev–Trinajstić information content (AvgIpc) is 2.85. The molecule has 0 aliphatic heterocycles. The summed E-state index contributed by atoms with van der Waals surface area (Å²) in [5.41, 5.74) is -0.425. The van der Waals surface area contributed by atoms with E-state index in [-0.39, 0.29) is 0 Å². The Hall–Kier alpha value is -0.590. The smallest absolute Gasteiger partial charge is 0.106 e. The third-order valence-electron chi connectivity index (χ3n) is 3.59. The Labute approximate surface area is 106 Å². The maximum atomic E-state index is 9.15. The molecule has 1 unspecified atom stereocenters. The van der Waals surface area contributed by atoms with Crippen LogP contribution in [0.25, 0.3) is 0 Å². The molecular weight excluding hydrogens is 212 g/mol. The van der Waals surface area contributed by atoms with Crippen molar-refractivity contribution in [3.8, 4) is 6.07 Å². The Morgan fingerprint density at radius 1 is 1.41 bits per heavy atom. The maximum absolute atomic E-state index is 9.15. The van der Waals surface area contributed by atoms with E-state index in [2.05, 4.69) is 18.3 Å². The number of nitrogens with one attached hydrogen (secondary N) is 1. The Bertz CT molecular complexity index is 243. The Balaban J connectivity index is 2.12. The minimum Gasteiger partial charge on any atom is -0.381 e. The molecule has 0 aromatic heterocycles. The number of hydrogen-bond donors (Lipinski definition) is 1. The second-order valence-corrected chi connectivity index (χ2v) is 5.35. The highest BCUT2D eigenvalue weighted by Crippen LogP contribution is 2.24. The van der Waals surface area contributed by atoms with E-state index in [1.165, 1.54) is 25.7 Å². The van der Waals surface area contributed by atoms with Crippen molar-refractivity contribution in [2.45, 2.75) is 57.9 Å². The lowest BCUT2D eigenvalue weighted by atomic mass is 10.0. The number of nitriles is 1. The topological polar surface area (TPSA) is 45.0 Å². The highest BCUT2D eigenvalue weighted by Gasteiger charge is 2.22. The summed E-state index contributed by atoms with van der Waals surface area (Å²) in [6.07, 6.45) is 7.20. The molecule has 0 heterocycles. The lowest BCUT2D eigenvalue weighted by molar-refractivity contribution is 0.0890. The first-order valence-electron chi connectivity index (χ1n) is 6.94. The predicted molar refractivity (Wildman–Crippen MR) is 69.7 cm³/mol. The highest BCUT2D eigenvalue weighted by molar-refractivity contribution is 5.03. The molecule has 0 bridgehead atoms. The Kier molecular flexibility index (Phi) is 6.54. The third kappa shape index (κ3) is 5.52. The first-order valence-corrected chi connectivity index (χ1v) is 6.94. The van der Waals surface area contributed by atoms with E-state index in [4.69, 9.17) is 10.00 Å². The molecule has 1 saturated carbocycles. The zero-order valence-corrected chi connectivity index (χ0v) is 11.3. The zero-order valence-electron chi connectivity index (χ0n) is 11.3. The van der Waals surface area contributed by atoms with Crippen molar-refractivity contribution in [3.63, 3.8) is 0 Å². The predicted octanol–water partition coefficient (Wildman–Crippen LogP) is 2.87. The molecule has 0 radical (unpaired) electrons. The highest BCUT2D eigenvalue weighted by atomic mass is 16.5. The molecule has 1 atom stereocenters. The van der Waals surface area contributed by atoms with Crippen LogP contribution in [0.5, 0.6) is 0 Å². The van der Waals surface area contributed by atoms with Gasteiger partial charge in [-0.15, -0.1) is 0 Å². The van der Waals surface area contributed by atoms with E-state index in [0.29, 0.717) is 6.61 Å². The van der Waals surface area contributed by atoms with Crippen molar-refractivity contribution in [1.29, 1.82) is 5.26 Å². The zero-order chi connectivity index (χ0) is 12.6. The van der Waals surface area contributed by atoms with E-state index in [1.807, 2.05) is 6.92 Å². The van der Waals surface area contributed by atoms with E-state index in [1.54, 1.807) is 0 Å². The molecule has 0 saturated heterocycles. The Morgan fingerprint density at radius 3 is 2.71 bits per heavy atom. The third-order valence-corrected chi connectivity index (χ3v) is 3.59. The second kappa shape index (κ2) is 7.68. The maximum Gasteiger partial charge on any atom is 0.106 e. The molecule has 0 spiro atoms. The summed E-state index contributed by atoms with van der Waals surface area (Å²) in [6.45, 7) is 6.54. The largest absolute Gasteiger partial charge is 0.381 e. The van der Waals surface area contributed by atoms with Gasteiger partial charge in [-0.25, -0.2) is 0 Å². The normalized spacial score (nSPS) is 20.1. The fourth-order valence-corrected chi connectivity index (χ4v) is 2.29. The van der Waals surface area contributed by atoms with Gasteiger partial charge in [-0.1, -0.05) is 19.8 Å². The van der Waals surface area contributed by atoms with Crippen LogP contribution in [-0.2, 0) is 4.74 Å². The molecule has 0 aromatic carbocycles. The molecule has 0 aromatic rings. The van der Waals surface area contributed by atoms with Gasteiger partial charge in [0.05, 0.1) is 6.07 Å². The number of hydrogen-bond acceptors (Lipinski definition) is 3. The van der Waals surface area contributed by atoms with Crippen LogP contribution in [0, 0.1) is 17.2 Å². The van der Waals surface area contributed by atoms with Gasteiger partial charge in [0.25, 0.3) is 0 Å². The van der Waals surface area contributed by atoms with E-state index in [0.717, 1.165) is 31.9 Å². The van der Waals surface area contributed by atoms with Crippen molar-refractivity contribution in [1.82, 2.24) is 5.32 Å². The lowest BCUT2D eigenvalue weighted by Crippen LogP contribution is -2.42. The number of nitrogens with zero attached hydrogens (tertiary/aromatic N) is 1. The van der Waals surface area contributed by atoms with Crippen LogP contribution < -0.4 is 5.32 Å². The molecule has 1 rings (SSSR count). The number of ether oxygens (including phenoxy) is 1. The summed E-state index contributed by atoms with van der Waals surface area (Å²) in [5.74, 6) is 0.770. The van der Waals surface area contributed by atoms with Gasteiger partial charge in [0.15, 0.2) is 0 Å². The molecule has 3 heteroatoms. The van der Waals surface area contributed by atoms with Crippen LogP contribution in [-0.4, -0.2) is 25.3 Å². The lowest BCUT2D eigenvalue weighted by Gasteiger charge is -2.23. The molecule has 98 valence electrons. The monoisotopic (exact) mass is 238 g/mol. The van der Waals surface area contributed by atoms with Crippen LogP contribution in [0.2, 0.25) is 0 Å². The summed E-state index contributed by atoms with van der Waals surface area (Å²) in [7, 11) is 0. The van der Waals surface area contributed by atoms with E-state index >= 15 is 0 Å². The van der Waals surface area contributed by atoms with Crippen LogP contribution in [0.4, 0.5) is 0 Å². The van der Waals surface area contributed by atoms with Gasteiger partial charge in [0, 0.05) is 19.6 Å². The summed E-state index contributed by atoms with van der Waals surface area (Å²) in [6, 6.07) is 2.35. The Morgan fingerprint density at radius 2 is 2.12 bits per heavy atom. The van der Waals surface area contributed by atoms with Crippen LogP contribution >= 0.6 is 0 Å². The minimum atomic E-state index is -0.425. The summed E-state index contributed by atoms with van der Waals surface area (Å²) >= 11 is 0. The van der Waals surface area contributed by atoms with Crippen molar-refractivity contribution < 1.29 is 4.74 Å². The average molecular weight is 238 g/mol. The van der Waals surface area contributed by atoms with Crippen LogP contribution in [0.15, 0.2) is 0 Å². The van der Waals surface area contributed by atoms with Crippen LogP contribution in [0.3, 0.4) is 0 Å². The van der Waals surface area contributed by atoms with Crippen molar-refractivity contribution >= 4 is 0 Å². The van der Waals surface area contributed by atoms with Gasteiger partial charge < -0.3 is 4.74 Å². The minimum absolute atomic E-state index is 0.425.